The Hall–Kier alpha value is -0.350. The van der Waals surface area contributed by atoms with Crippen LogP contribution in [0.2, 0.25) is 0 Å². The van der Waals surface area contributed by atoms with Gasteiger partial charge >= 0.3 is 0 Å². The van der Waals surface area contributed by atoms with E-state index in [9.17, 15) is 13.2 Å². The van der Waals surface area contributed by atoms with Gasteiger partial charge in [0.25, 0.3) is 0 Å². The fourth-order valence-electron chi connectivity index (χ4n) is 0.177. The normalized spacial score (nSPS) is 12.2. The molecule has 0 saturated heterocycles. The topological polar surface area (TPSA) is 51.2 Å². The number of allylic oxidation sites excluding steroid dienone is 1. The van der Waals surface area contributed by atoms with E-state index in [2.05, 4.69) is 0 Å². The zero-order valence-corrected chi connectivity index (χ0v) is 6.24. The summed E-state index contributed by atoms with van der Waals surface area (Å²) in [5, 5.41) is -0.0390. The number of hydrogen-bond donors (Lipinski definition) is 0. The molecule has 0 bridgehead atoms. The second kappa shape index (κ2) is 2.98. The monoisotopic (exact) mass is 168 g/mol. The maximum Gasteiger partial charge on any atom is 0.245 e. The van der Waals surface area contributed by atoms with Crippen molar-refractivity contribution in [2.24, 2.45) is 0 Å². The number of hydrogen-bond acceptors (Lipinski definition) is 3. The smallest absolute Gasteiger partial charge is 0.245 e. The summed E-state index contributed by atoms with van der Waals surface area (Å²) < 4.78 is 20.5. The lowest BCUT2D eigenvalue weighted by Crippen LogP contribution is -1.89. The van der Waals surface area contributed by atoms with Crippen LogP contribution in [-0.4, -0.2) is 19.9 Å². The third-order valence-corrected chi connectivity index (χ3v) is 1.20. The molecule has 0 aliphatic rings. The number of halogens is 1. The molecule has 0 fully saturated rings. The molecule has 0 amide bonds. The summed E-state index contributed by atoms with van der Waals surface area (Å²) in [6.07, 6.45) is 1.76. The van der Waals surface area contributed by atoms with E-state index in [-0.39, 0.29) is 0 Å². The molecule has 0 N–H and O–H groups in total. The highest BCUT2D eigenvalue weighted by Gasteiger charge is 1.93. The molecule has 0 aliphatic carbocycles. The minimum atomic E-state index is -3.21. The lowest BCUT2D eigenvalue weighted by Gasteiger charge is -1.79. The van der Waals surface area contributed by atoms with Crippen LogP contribution in [-0.2, 0) is 14.6 Å². The van der Waals surface area contributed by atoms with E-state index in [1.807, 2.05) is 0 Å². The number of carbonyl (C=O) groups is 1. The third-order valence-electron chi connectivity index (χ3n) is 0.446. The van der Waals surface area contributed by atoms with Gasteiger partial charge in [0.1, 0.15) is 0 Å². The molecule has 0 unspecified atom stereocenters. The SMILES string of the molecule is CS(=O)(=O)/C=C/C(=O)Cl. The van der Waals surface area contributed by atoms with Crippen LogP contribution in [0.3, 0.4) is 0 Å². The Morgan fingerprint density at radius 3 is 2.11 bits per heavy atom. The molecule has 0 atom stereocenters. The van der Waals surface area contributed by atoms with Gasteiger partial charge < -0.3 is 0 Å². The third kappa shape index (κ3) is 7.65. The molecule has 0 rings (SSSR count). The quantitative estimate of drug-likeness (QED) is 0.441. The Balaban J connectivity index is 4.21. The molecule has 52 valence electrons. The predicted molar refractivity (Wildman–Crippen MR) is 34.8 cm³/mol. The Labute approximate surface area is 58.2 Å². The molecule has 0 aromatic rings. The summed E-state index contributed by atoms with van der Waals surface area (Å²) in [5.74, 6) is 0. The molecule has 0 saturated carbocycles. The zero-order valence-electron chi connectivity index (χ0n) is 4.67. The van der Waals surface area contributed by atoms with Crippen molar-refractivity contribution in [3.8, 4) is 0 Å². The van der Waals surface area contributed by atoms with E-state index in [4.69, 9.17) is 11.6 Å². The maximum atomic E-state index is 10.2. The van der Waals surface area contributed by atoms with E-state index >= 15 is 0 Å². The average molecular weight is 169 g/mol. The minimum absolute atomic E-state index is 0.752. The van der Waals surface area contributed by atoms with Crippen LogP contribution < -0.4 is 0 Å². The molecule has 0 aliphatic heterocycles. The second-order valence-electron chi connectivity index (χ2n) is 1.44. The van der Waals surface area contributed by atoms with Gasteiger partial charge in [0.05, 0.1) is 0 Å². The lowest BCUT2D eigenvalue weighted by molar-refractivity contribution is -0.107. The molecule has 3 nitrogen and oxygen atoms in total. The van der Waals surface area contributed by atoms with Crippen LogP contribution >= 0.6 is 11.6 Å². The summed E-state index contributed by atoms with van der Waals surface area (Å²) in [6, 6.07) is 0. The van der Waals surface area contributed by atoms with Crippen molar-refractivity contribution < 1.29 is 13.2 Å². The van der Waals surface area contributed by atoms with Crippen LogP contribution in [0.25, 0.3) is 0 Å². The Kier molecular flexibility index (Phi) is 2.87. The van der Waals surface area contributed by atoms with Crippen molar-refractivity contribution in [2.45, 2.75) is 0 Å². The number of sulfone groups is 1. The first-order valence-electron chi connectivity index (χ1n) is 1.99. The molecule has 0 aromatic carbocycles. The fourth-order valence-corrected chi connectivity index (χ4v) is 0.686. The zero-order chi connectivity index (χ0) is 7.49. The van der Waals surface area contributed by atoms with Gasteiger partial charge in [-0.15, -0.1) is 0 Å². The minimum Gasteiger partial charge on any atom is -0.276 e. The van der Waals surface area contributed by atoms with E-state index in [1.165, 1.54) is 0 Å². The van der Waals surface area contributed by atoms with Crippen LogP contribution in [0.5, 0.6) is 0 Å². The fraction of sp³-hybridized carbons (Fsp3) is 0.250. The van der Waals surface area contributed by atoms with Crippen molar-refractivity contribution >= 4 is 26.7 Å². The van der Waals surface area contributed by atoms with Crippen LogP contribution in [0.1, 0.15) is 0 Å². The van der Waals surface area contributed by atoms with Gasteiger partial charge in [0.15, 0.2) is 9.84 Å². The maximum absolute atomic E-state index is 10.2. The first-order valence-corrected chi connectivity index (χ1v) is 4.32. The molecular weight excluding hydrogens is 164 g/mol. The molecule has 9 heavy (non-hydrogen) atoms. The first kappa shape index (κ1) is 8.65. The molecule has 0 spiro atoms. The summed E-state index contributed by atoms with van der Waals surface area (Å²) in [6.45, 7) is 0. The van der Waals surface area contributed by atoms with Crippen LogP contribution in [0, 0.1) is 0 Å². The molecule has 0 aromatic heterocycles. The van der Waals surface area contributed by atoms with Gasteiger partial charge in [-0.3, -0.25) is 4.79 Å². The van der Waals surface area contributed by atoms with Crippen molar-refractivity contribution in [1.82, 2.24) is 0 Å². The first-order chi connectivity index (χ1) is 3.92. The van der Waals surface area contributed by atoms with Gasteiger partial charge in [-0.05, 0) is 11.6 Å². The van der Waals surface area contributed by atoms with Gasteiger partial charge in [0, 0.05) is 17.7 Å². The van der Waals surface area contributed by atoms with E-state index in [1.54, 1.807) is 0 Å². The van der Waals surface area contributed by atoms with Crippen LogP contribution in [0.15, 0.2) is 11.5 Å². The molecular formula is C4H5ClO3S. The van der Waals surface area contributed by atoms with Crippen molar-refractivity contribution in [3.63, 3.8) is 0 Å². The van der Waals surface area contributed by atoms with Gasteiger partial charge in [-0.2, -0.15) is 0 Å². The molecule has 5 heteroatoms. The van der Waals surface area contributed by atoms with Crippen molar-refractivity contribution in [1.29, 1.82) is 0 Å². The highest BCUT2D eigenvalue weighted by atomic mass is 35.5. The Morgan fingerprint density at radius 1 is 1.56 bits per heavy atom. The summed E-state index contributed by atoms with van der Waals surface area (Å²) in [4.78, 5) is 9.90. The van der Waals surface area contributed by atoms with Gasteiger partial charge in [-0.25, -0.2) is 8.42 Å². The Morgan fingerprint density at radius 2 is 2.00 bits per heavy atom. The summed E-state index contributed by atoms with van der Waals surface area (Å²) >= 11 is 4.79. The standard InChI is InChI=1S/C4H5ClO3S/c1-9(7,8)3-2-4(5)6/h2-3H,1H3/b3-2+. The van der Waals surface area contributed by atoms with E-state index < -0.39 is 15.1 Å². The highest BCUT2D eigenvalue weighted by Crippen LogP contribution is 1.88. The predicted octanol–water partition coefficient (Wildman–Crippen LogP) is 0.310. The molecule has 0 heterocycles. The van der Waals surface area contributed by atoms with Gasteiger partial charge in [-0.1, -0.05) is 0 Å². The summed E-state index contributed by atoms with van der Waals surface area (Å²) in [5.41, 5.74) is 0. The van der Waals surface area contributed by atoms with Gasteiger partial charge in [0.2, 0.25) is 5.24 Å². The lowest BCUT2D eigenvalue weighted by atomic mass is 10.7. The molecule has 0 radical (unpaired) electrons. The van der Waals surface area contributed by atoms with Crippen LogP contribution in [0.4, 0.5) is 0 Å². The van der Waals surface area contributed by atoms with Crippen molar-refractivity contribution in [3.05, 3.63) is 11.5 Å². The highest BCUT2D eigenvalue weighted by molar-refractivity contribution is 7.93. The number of carbonyl (C=O) groups excluding carboxylic acids is 1. The Bertz CT molecular complexity index is 226. The number of rotatable bonds is 2. The largest absolute Gasteiger partial charge is 0.276 e. The van der Waals surface area contributed by atoms with E-state index in [0.717, 1.165) is 17.7 Å². The van der Waals surface area contributed by atoms with Crippen molar-refractivity contribution in [2.75, 3.05) is 6.26 Å². The van der Waals surface area contributed by atoms with E-state index in [0.29, 0.717) is 0 Å². The summed E-state index contributed by atoms with van der Waals surface area (Å²) in [7, 11) is -3.21. The second-order valence-corrected chi connectivity index (χ2v) is 3.74. The average Bonchev–Trinajstić information content (AvgIpc) is 1.59.